The zero-order valence-corrected chi connectivity index (χ0v) is 23.3. The summed E-state index contributed by atoms with van der Waals surface area (Å²) in [4.78, 5) is 10.5. The van der Waals surface area contributed by atoms with E-state index in [2.05, 4.69) is 19.2 Å². The molecule has 202 valence electrons. The summed E-state index contributed by atoms with van der Waals surface area (Å²) in [5, 5.41) is 13.1. The molecule has 0 aliphatic heterocycles. The van der Waals surface area contributed by atoms with E-state index in [4.69, 9.17) is 0 Å². The molecule has 2 aromatic carbocycles. The lowest BCUT2D eigenvalue weighted by Gasteiger charge is -2.04. The molecule has 3 heteroatoms. The second-order valence-electron chi connectivity index (χ2n) is 10.0. The fraction of sp³-hybridized carbons (Fsp3) is 0.606. The molecule has 0 saturated carbocycles. The number of carboxylic acids is 1. The Hall–Kier alpha value is -2.13. The maximum absolute atomic E-state index is 10.5. The van der Waals surface area contributed by atoms with Crippen LogP contribution in [0, 0.1) is 0 Å². The van der Waals surface area contributed by atoms with Gasteiger partial charge in [-0.25, -0.2) is 0 Å². The first-order valence-corrected chi connectivity index (χ1v) is 14.9. The van der Waals surface area contributed by atoms with Gasteiger partial charge in [0.2, 0.25) is 0 Å². The Bertz CT molecular complexity index is 724. The van der Waals surface area contributed by atoms with Crippen molar-refractivity contribution in [3.8, 4) is 11.1 Å². The summed E-state index contributed by atoms with van der Waals surface area (Å²) in [6.07, 6.45) is 23.1. The molecule has 0 heterocycles. The lowest BCUT2D eigenvalue weighted by atomic mass is 10.0. The highest BCUT2D eigenvalue weighted by atomic mass is 16.4. The van der Waals surface area contributed by atoms with Crippen molar-refractivity contribution in [3.63, 3.8) is 0 Å². The monoisotopic (exact) mass is 495 g/mol. The van der Waals surface area contributed by atoms with E-state index in [1.807, 2.05) is 30.3 Å². The molecular weight excluding hydrogens is 442 g/mol. The summed E-state index contributed by atoms with van der Waals surface area (Å²) in [5.41, 5.74) is 2.28. The minimum Gasteiger partial charge on any atom is -0.545 e. The molecule has 0 spiro atoms. The van der Waals surface area contributed by atoms with Gasteiger partial charge in [-0.3, -0.25) is 0 Å². The third-order valence-corrected chi connectivity index (χ3v) is 6.75. The first-order valence-electron chi connectivity index (χ1n) is 14.9. The molecule has 0 bridgehead atoms. The van der Waals surface area contributed by atoms with Crippen molar-refractivity contribution in [2.45, 2.75) is 117 Å². The van der Waals surface area contributed by atoms with Crippen molar-refractivity contribution in [1.82, 2.24) is 0 Å². The zero-order chi connectivity index (χ0) is 26.1. The molecule has 0 aromatic heterocycles. The predicted molar refractivity (Wildman–Crippen MR) is 153 cm³/mol. The molecule has 36 heavy (non-hydrogen) atoms. The largest absolute Gasteiger partial charge is 0.545 e. The number of carbonyl (C=O) groups is 1. The fourth-order valence-corrected chi connectivity index (χ4v) is 4.42. The van der Waals surface area contributed by atoms with Gasteiger partial charge < -0.3 is 15.2 Å². The second kappa shape index (κ2) is 23.3. The van der Waals surface area contributed by atoms with Crippen LogP contribution in [0.15, 0.2) is 54.6 Å². The average molecular weight is 496 g/mol. The highest BCUT2D eigenvalue weighted by Gasteiger charge is 1.97. The molecule has 2 aromatic rings. The zero-order valence-electron chi connectivity index (χ0n) is 23.3. The van der Waals surface area contributed by atoms with E-state index < -0.39 is 5.97 Å². The van der Waals surface area contributed by atoms with Crippen molar-refractivity contribution in [2.75, 3.05) is 13.1 Å². The van der Waals surface area contributed by atoms with Crippen LogP contribution in [0.4, 0.5) is 0 Å². The Morgan fingerprint density at radius 1 is 0.556 bits per heavy atom. The van der Waals surface area contributed by atoms with Gasteiger partial charge in [0.15, 0.2) is 0 Å². The Morgan fingerprint density at radius 3 is 1.36 bits per heavy atom. The van der Waals surface area contributed by atoms with Crippen LogP contribution in [-0.2, 0) is 0 Å². The Labute approximate surface area is 222 Å². The lowest BCUT2D eigenvalue weighted by molar-refractivity contribution is -0.655. The van der Waals surface area contributed by atoms with Gasteiger partial charge >= 0.3 is 0 Å². The third-order valence-electron chi connectivity index (χ3n) is 6.75. The van der Waals surface area contributed by atoms with E-state index in [9.17, 15) is 9.90 Å². The van der Waals surface area contributed by atoms with Crippen molar-refractivity contribution in [2.24, 2.45) is 0 Å². The summed E-state index contributed by atoms with van der Waals surface area (Å²) < 4.78 is 0. The van der Waals surface area contributed by atoms with Crippen LogP contribution in [-0.4, -0.2) is 19.1 Å². The number of hydrogen-bond acceptors (Lipinski definition) is 2. The molecule has 0 radical (unpaired) electrons. The number of carboxylic acid groups (broad SMARTS) is 1. The predicted octanol–water partition coefficient (Wildman–Crippen LogP) is 7.55. The molecule has 0 aliphatic rings. The van der Waals surface area contributed by atoms with Gasteiger partial charge in [-0.05, 0) is 42.4 Å². The smallest absolute Gasteiger partial charge is 0.0755 e. The lowest BCUT2D eigenvalue weighted by Crippen LogP contribution is -2.84. The highest BCUT2D eigenvalue weighted by molar-refractivity contribution is 5.86. The number of carbonyl (C=O) groups excluding carboxylic acids is 1. The van der Waals surface area contributed by atoms with Crippen LogP contribution in [0.5, 0.6) is 0 Å². The molecule has 0 aliphatic carbocycles. The van der Waals surface area contributed by atoms with Gasteiger partial charge in [0, 0.05) is 0 Å². The van der Waals surface area contributed by atoms with Crippen molar-refractivity contribution in [3.05, 3.63) is 60.2 Å². The first kappa shape index (κ1) is 31.9. The summed E-state index contributed by atoms with van der Waals surface area (Å²) in [6.45, 7) is 7.32. The van der Waals surface area contributed by atoms with Crippen molar-refractivity contribution < 1.29 is 15.2 Å². The Kier molecular flexibility index (Phi) is 20.6. The van der Waals surface area contributed by atoms with Gasteiger partial charge in [-0.1, -0.05) is 145 Å². The molecule has 0 fully saturated rings. The van der Waals surface area contributed by atoms with Crippen LogP contribution >= 0.6 is 0 Å². The van der Waals surface area contributed by atoms with E-state index in [0.717, 1.165) is 11.1 Å². The molecular formula is C33H53NO2. The molecule has 2 rings (SSSR count). The average Bonchev–Trinajstić information content (AvgIpc) is 2.91. The summed E-state index contributed by atoms with van der Waals surface area (Å²) >= 11 is 0. The number of quaternary nitrogens is 1. The SMILES string of the molecule is CCCCCCCCCC[NH2+]CCCCCCCCCC.O=C([O-])c1ccc(-c2ccccc2)cc1. The molecule has 0 atom stereocenters. The van der Waals surface area contributed by atoms with E-state index in [0.29, 0.717) is 0 Å². The number of rotatable bonds is 20. The number of unbranched alkanes of at least 4 members (excludes halogenated alkanes) is 14. The highest BCUT2D eigenvalue weighted by Crippen LogP contribution is 2.18. The number of benzene rings is 2. The maximum Gasteiger partial charge on any atom is 0.0755 e. The van der Waals surface area contributed by atoms with Gasteiger partial charge in [0.1, 0.15) is 0 Å². The number of aromatic carboxylic acids is 1. The third kappa shape index (κ3) is 17.3. The van der Waals surface area contributed by atoms with Crippen molar-refractivity contribution in [1.29, 1.82) is 0 Å². The minimum absolute atomic E-state index is 0.203. The Morgan fingerprint density at radius 2 is 0.944 bits per heavy atom. The summed E-state index contributed by atoms with van der Waals surface area (Å²) in [6, 6.07) is 16.5. The van der Waals surface area contributed by atoms with Gasteiger partial charge in [0.25, 0.3) is 0 Å². The van der Waals surface area contributed by atoms with Gasteiger partial charge in [0.05, 0.1) is 19.1 Å². The van der Waals surface area contributed by atoms with Crippen LogP contribution < -0.4 is 10.4 Å². The topological polar surface area (TPSA) is 56.7 Å². The minimum atomic E-state index is -1.14. The second-order valence-corrected chi connectivity index (χ2v) is 10.0. The van der Waals surface area contributed by atoms with Crippen LogP contribution in [0.2, 0.25) is 0 Å². The van der Waals surface area contributed by atoms with E-state index in [1.54, 1.807) is 24.3 Å². The Balaban J connectivity index is 0.000000377. The normalized spacial score (nSPS) is 10.6. The van der Waals surface area contributed by atoms with Crippen LogP contribution in [0.3, 0.4) is 0 Å². The molecule has 0 saturated heterocycles. The van der Waals surface area contributed by atoms with Gasteiger partial charge in [-0.15, -0.1) is 0 Å². The molecule has 0 unspecified atom stereocenters. The van der Waals surface area contributed by atoms with Gasteiger partial charge in [-0.2, -0.15) is 0 Å². The van der Waals surface area contributed by atoms with E-state index >= 15 is 0 Å². The molecule has 0 amide bonds. The fourth-order valence-electron chi connectivity index (χ4n) is 4.42. The summed E-state index contributed by atoms with van der Waals surface area (Å²) in [7, 11) is 0. The van der Waals surface area contributed by atoms with Crippen LogP contribution in [0.25, 0.3) is 11.1 Å². The van der Waals surface area contributed by atoms with Crippen molar-refractivity contribution >= 4 is 5.97 Å². The molecule has 2 N–H and O–H groups in total. The van der Waals surface area contributed by atoms with Crippen LogP contribution in [0.1, 0.15) is 127 Å². The number of nitrogens with two attached hydrogens (primary N) is 1. The number of hydrogen-bond donors (Lipinski definition) is 1. The quantitative estimate of drug-likeness (QED) is 0.193. The molecule has 3 nitrogen and oxygen atoms in total. The van der Waals surface area contributed by atoms with E-state index in [-0.39, 0.29) is 5.56 Å². The standard InChI is InChI=1S/C20H43N.C13H10O2/c1-3-5-7-9-11-13-15-17-19-21-20-18-16-14-12-10-8-6-4-2;14-13(15)12-8-6-11(7-9-12)10-4-2-1-3-5-10/h21H,3-20H2,1-2H3;1-9H,(H,14,15). The first-order chi connectivity index (χ1) is 17.7. The summed E-state index contributed by atoms with van der Waals surface area (Å²) in [5.74, 6) is -1.14. The van der Waals surface area contributed by atoms with E-state index in [1.165, 1.54) is 116 Å². The maximum atomic E-state index is 10.5.